The molecule has 164 valence electrons. The van der Waals surface area contributed by atoms with E-state index >= 15 is 0 Å². The van der Waals surface area contributed by atoms with Crippen molar-refractivity contribution >= 4 is 17.2 Å². The second-order valence-electron chi connectivity index (χ2n) is 9.80. The zero-order valence-corrected chi connectivity index (χ0v) is 19.8. The second-order valence-corrected chi connectivity index (χ2v) is 10.2. The molecule has 0 bridgehead atoms. The lowest BCUT2D eigenvalue weighted by Crippen LogP contribution is -2.28. The van der Waals surface area contributed by atoms with E-state index in [0.717, 1.165) is 11.4 Å². The maximum absolute atomic E-state index is 6.21. The lowest BCUT2D eigenvalue weighted by atomic mass is 9.68. The van der Waals surface area contributed by atoms with E-state index in [1.165, 1.54) is 66.8 Å². The van der Waals surface area contributed by atoms with Crippen molar-refractivity contribution in [3.63, 3.8) is 0 Å². The molecule has 1 heteroatoms. The molecule has 0 saturated carbocycles. The molecule has 1 atom stereocenters. The molecule has 1 unspecified atom stereocenters. The molecule has 0 radical (unpaired) electrons. The highest BCUT2D eigenvalue weighted by molar-refractivity contribution is 6.30. The minimum atomic E-state index is -0.265. The second kappa shape index (κ2) is 6.84. The molecule has 0 aliphatic heterocycles. The summed E-state index contributed by atoms with van der Waals surface area (Å²) in [7, 11) is 0. The van der Waals surface area contributed by atoms with Gasteiger partial charge in [0.2, 0.25) is 0 Å². The Kier molecular flexibility index (Phi) is 3.80. The van der Waals surface area contributed by atoms with Gasteiger partial charge >= 0.3 is 0 Å². The van der Waals surface area contributed by atoms with Crippen LogP contribution in [0.4, 0.5) is 0 Å². The largest absolute Gasteiger partial charge is 0.0843 e. The van der Waals surface area contributed by atoms with Gasteiger partial charge in [0.25, 0.3) is 0 Å². The van der Waals surface area contributed by atoms with Crippen molar-refractivity contribution in [1.29, 1.82) is 0 Å². The smallest absolute Gasteiger partial charge is 0.0692 e. The molecule has 3 aliphatic carbocycles. The van der Waals surface area contributed by atoms with Crippen molar-refractivity contribution in [2.45, 2.75) is 11.8 Å². The molecule has 0 amide bonds. The van der Waals surface area contributed by atoms with E-state index in [0.29, 0.717) is 0 Å². The molecule has 3 aliphatic rings. The molecular weight excluding hydrogens is 444 g/mol. The number of rotatable bonds is 1. The summed E-state index contributed by atoms with van der Waals surface area (Å²) in [6, 6.07) is 42.3. The first kappa shape index (κ1) is 19.4. The molecule has 8 rings (SSSR count). The highest BCUT2D eigenvalue weighted by atomic mass is 35.5. The third-order valence-corrected chi connectivity index (χ3v) is 8.48. The number of allylic oxidation sites excluding steroid dienone is 1. The molecule has 0 aromatic heterocycles. The number of fused-ring (bicyclic) bond motifs is 11. The minimum Gasteiger partial charge on any atom is -0.0843 e. The highest BCUT2D eigenvalue weighted by Crippen LogP contribution is 2.65. The van der Waals surface area contributed by atoms with Gasteiger partial charge in [0, 0.05) is 5.02 Å². The summed E-state index contributed by atoms with van der Waals surface area (Å²) < 4.78 is 0. The van der Waals surface area contributed by atoms with Crippen LogP contribution in [0.3, 0.4) is 0 Å². The lowest BCUT2D eigenvalue weighted by molar-refractivity contribution is 0.745. The van der Waals surface area contributed by atoms with Gasteiger partial charge < -0.3 is 0 Å². The molecule has 5 aromatic rings. The van der Waals surface area contributed by atoms with E-state index in [-0.39, 0.29) is 5.41 Å². The molecule has 1 spiro atoms. The summed E-state index contributed by atoms with van der Waals surface area (Å²) in [5.41, 5.74) is 16.3. The van der Waals surface area contributed by atoms with Gasteiger partial charge in [-0.05, 0) is 91.4 Å². The predicted molar refractivity (Wildman–Crippen MR) is 145 cm³/mol. The third kappa shape index (κ3) is 2.38. The zero-order chi connectivity index (χ0) is 23.1. The monoisotopic (exact) mass is 464 g/mol. The summed E-state index contributed by atoms with van der Waals surface area (Å²) in [4.78, 5) is 0. The first-order valence-electron chi connectivity index (χ1n) is 12.2. The summed E-state index contributed by atoms with van der Waals surface area (Å²) in [6.07, 6.45) is 0.985. The van der Waals surface area contributed by atoms with Gasteiger partial charge in [-0.15, -0.1) is 0 Å². The standard InChI is InChI=1S/C34H21Cl/c35-24-16-13-21(14-17-24)22-15-18-27-26-9-3-5-11-29(26)34(31(27)19-22)30-12-6-4-10-28(30)33-25-8-2-1-7-23(25)20-32(33)34/h1-19H,20H2. The van der Waals surface area contributed by atoms with Gasteiger partial charge in [-0.2, -0.15) is 0 Å². The summed E-state index contributed by atoms with van der Waals surface area (Å²) in [5.74, 6) is 0. The van der Waals surface area contributed by atoms with Crippen LogP contribution in [0.5, 0.6) is 0 Å². The first-order valence-corrected chi connectivity index (χ1v) is 12.6. The summed E-state index contributed by atoms with van der Waals surface area (Å²) in [5, 5.41) is 0.766. The summed E-state index contributed by atoms with van der Waals surface area (Å²) >= 11 is 6.21. The van der Waals surface area contributed by atoms with Crippen molar-refractivity contribution in [2.24, 2.45) is 0 Å². The Bertz CT molecular complexity index is 1720. The molecule has 0 saturated heterocycles. The van der Waals surface area contributed by atoms with Gasteiger partial charge in [-0.3, -0.25) is 0 Å². The van der Waals surface area contributed by atoms with Crippen LogP contribution in [0.2, 0.25) is 5.02 Å². The average molecular weight is 465 g/mol. The molecule has 0 N–H and O–H groups in total. The van der Waals surface area contributed by atoms with Crippen LogP contribution in [0.15, 0.2) is 121 Å². The SMILES string of the molecule is Clc1ccc(-c2ccc3c(c2)C2(C4=C(c5ccccc5C4)c4ccccc42)c2ccccc2-3)cc1. The fraction of sp³-hybridized carbons (Fsp3) is 0.0588. The number of halogens is 1. The Labute approximate surface area is 210 Å². The average Bonchev–Trinajstić information content (AvgIpc) is 3.52. The van der Waals surface area contributed by atoms with Gasteiger partial charge in [0.1, 0.15) is 0 Å². The van der Waals surface area contributed by atoms with Crippen LogP contribution in [-0.4, -0.2) is 0 Å². The topological polar surface area (TPSA) is 0 Å². The van der Waals surface area contributed by atoms with Crippen LogP contribution >= 0.6 is 11.6 Å². The summed E-state index contributed by atoms with van der Waals surface area (Å²) in [6.45, 7) is 0. The molecule has 0 heterocycles. The molecule has 35 heavy (non-hydrogen) atoms. The van der Waals surface area contributed by atoms with Crippen LogP contribution in [-0.2, 0) is 11.8 Å². The van der Waals surface area contributed by atoms with E-state index in [2.05, 4.69) is 103 Å². The number of hydrogen-bond acceptors (Lipinski definition) is 0. The predicted octanol–water partition coefficient (Wildman–Crippen LogP) is 8.69. The minimum absolute atomic E-state index is 0.265. The Hall–Kier alpha value is -3.87. The van der Waals surface area contributed by atoms with E-state index in [4.69, 9.17) is 11.6 Å². The normalized spacial score (nSPS) is 18.3. The van der Waals surface area contributed by atoms with Crippen LogP contribution < -0.4 is 0 Å². The van der Waals surface area contributed by atoms with Crippen molar-refractivity contribution < 1.29 is 0 Å². The van der Waals surface area contributed by atoms with Crippen molar-refractivity contribution in [3.05, 3.63) is 159 Å². The Morgan fingerprint density at radius 3 is 1.91 bits per heavy atom. The van der Waals surface area contributed by atoms with Gasteiger partial charge in [0.05, 0.1) is 5.41 Å². The van der Waals surface area contributed by atoms with Gasteiger partial charge in [0.15, 0.2) is 0 Å². The third-order valence-electron chi connectivity index (χ3n) is 8.23. The number of benzene rings is 5. The fourth-order valence-electron chi connectivity index (χ4n) is 6.89. The van der Waals surface area contributed by atoms with Crippen LogP contribution in [0.25, 0.3) is 27.8 Å². The van der Waals surface area contributed by atoms with Crippen LogP contribution in [0.1, 0.15) is 33.4 Å². The molecular formula is C34H21Cl. The van der Waals surface area contributed by atoms with E-state index in [9.17, 15) is 0 Å². The van der Waals surface area contributed by atoms with Gasteiger partial charge in [-0.25, -0.2) is 0 Å². The maximum atomic E-state index is 6.21. The van der Waals surface area contributed by atoms with Crippen LogP contribution in [0, 0.1) is 0 Å². The maximum Gasteiger partial charge on any atom is 0.0692 e. The molecule has 0 nitrogen and oxygen atoms in total. The first-order chi connectivity index (χ1) is 17.3. The highest BCUT2D eigenvalue weighted by Gasteiger charge is 2.54. The van der Waals surface area contributed by atoms with Crippen molar-refractivity contribution in [1.82, 2.24) is 0 Å². The van der Waals surface area contributed by atoms with Crippen molar-refractivity contribution in [3.8, 4) is 22.3 Å². The Balaban J connectivity index is 1.49. The molecule has 5 aromatic carbocycles. The van der Waals surface area contributed by atoms with E-state index < -0.39 is 0 Å². The van der Waals surface area contributed by atoms with E-state index in [1.807, 2.05) is 12.1 Å². The number of hydrogen-bond donors (Lipinski definition) is 0. The van der Waals surface area contributed by atoms with Crippen molar-refractivity contribution in [2.75, 3.05) is 0 Å². The quantitative estimate of drug-likeness (QED) is 0.233. The molecule has 0 fully saturated rings. The zero-order valence-electron chi connectivity index (χ0n) is 19.1. The Morgan fingerprint density at radius 1 is 0.514 bits per heavy atom. The fourth-order valence-corrected chi connectivity index (χ4v) is 7.02. The lowest BCUT2D eigenvalue weighted by Gasteiger charge is -2.32. The van der Waals surface area contributed by atoms with Gasteiger partial charge in [-0.1, -0.05) is 109 Å². The Morgan fingerprint density at radius 2 is 1.11 bits per heavy atom. The van der Waals surface area contributed by atoms with E-state index in [1.54, 1.807) is 0 Å².